The summed E-state index contributed by atoms with van der Waals surface area (Å²) in [5.41, 5.74) is 3.55. The molecule has 1 heterocycles. The number of hydrogen-bond donors (Lipinski definition) is 0. The van der Waals surface area contributed by atoms with E-state index in [-0.39, 0.29) is 0 Å². The van der Waals surface area contributed by atoms with Gasteiger partial charge in [-0.05, 0) is 42.2 Å². The van der Waals surface area contributed by atoms with Gasteiger partial charge in [0.1, 0.15) is 12.4 Å². The Bertz CT molecular complexity index is 561. The van der Waals surface area contributed by atoms with E-state index in [1.165, 1.54) is 11.1 Å². The lowest BCUT2D eigenvalue weighted by Crippen LogP contribution is -1.98. The minimum Gasteiger partial charge on any atom is -0.489 e. The van der Waals surface area contributed by atoms with Crippen molar-refractivity contribution in [3.05, 3.63) is 59.7 Å². The van der Waals surface area contributed by atoms with Crippen LogP contribution in [-0.4, -0.2) is 6.21 Å². The standard InChI is InChI=1S/C16H15NO/c1-2-5-13(6-3-1)12-18-15-8-9-16-14(11-15)7-4-10-17-16/h1-3,5-6,8-11H,4,7,12H2. The predicted molar refractivity (Wildman–Crippen MR) is 73.7 cm³/mol. The average molecular weight is 237 g/mol. The third-order valence-corrected chi connectivity index (χ3v) is 3.07. The number of hydrogen-bond acceptors (Lipinski definition) is 2. The summed E-state index contributed by atoms with van der Waals surface area (Å²) in [6.07, 6.45) is 4.06. The van der Waals surface area contributed by atoms with Crippen molar-refractivity contribution < 1.29 is 4.74 Å². The molecule has 0 N–H and O–H groups in total. The molecule has 1 aliphatic rings. The molecule has 2 aromatic carbocycles. The van der Waals surface area contributed by atoms with E-state index >= 15 is 0 Å². The molecular formula is C16H15NO. The van der Waals surface area contributed by atoms with Crippen molar-refractivity contribution >= 4 is 11.9 Å². The van der Waals surface area contributed by atoms with Gasteiger partial charge in [0, 0.05) is 6.21 Å². The maximum atomic E-state index is 5.81. The largest absolute Gasteiger partial charge is 0.489 e. The summed E-state index contributed by atoms with van der Waals surface area (Å²) < 4.78 is 5.81. The SMILES string of the molecule is C1=Nc2ccc(OCc3ccccc3)cc2CC1. The van der Waals surface area contributed by atoms with E-state index in [4.69, 9.17) is 4.74 Å². The van der Waals surface area contributed by atoms with Crippen LogP contribution in [0.2, 0.25) is 0 Å². The fourth-order valence-corrected chi connectivity index (χ4v) is 2.10. The summed E-state index contributed by atoms with van der Waals surface area (Å²) in [6, 6.07) is 16.3. The molecule has 2 aromatic rings. The highest BCUT2D eigenvalue weighted by molar-refractivity contribution is 5.69. The van der Waals surface area contributed by atoms with Crippen molar-refractivity contribution in [1.29, 1.82) is 0 Å². The highest BCUT2D eigenvalue weighted by atomic mass is 16.5. The summed E-state index contributed by atoms with van der Waals surface area (Å²) in [6.45, 7) is 0.614. The highest BCUT2D eigenvalue weighted by Gasteiger charge is 2.06. The van der Waals surface area contributed by atoms with Gasteiger partial charge in [-0.2, -0.15) is 0 Å². The smallest absolute Gasteiger partial charge is 0.120 e. The first-order valence-electron chi connectivity index (χ1n) is 6.24. The third kappa shape index (κ3) is 2.43. The van der Waals surface area contributed by atoms with Crippen LogP contribution in [0, 0.1) is 0 Å². The number of benzene rings is 2. The number of ether oxygens (including phenoxy) is 1. The quantitative estimate of drug-likeness (QED) is 0.793. The van der Waals surface area contributed by atoms with Crippen molar-refractivity contribution in [1.82, 2.24) is 0 Å². The van der Waals surface area contributed by atoms with Gasteiger partial charge >= 0.3 is 0 Å². The lowest BCUT2D eigenvalue weighted by atomic mass is 10.1. The first kappa shape index (κ1) is 11.0. The summed E-state index contributed by atoms with van der Waals surface area (Å²) in [5, 5.41) is 0. The Labute approximate surface area is 107 Å². The molecule has 0 saturated heterocycles. The molecule has 1 aliphatic heterocycles. The van der Waals surface area contributed by atoms with Crippen molar-refractivity contribution in [3.8, 4) is 5.75 Å². The fourth-order valence-electron chi connectivity index (χ4n) is 2.10. The fraction of sp³-hybridized carbons (Fsp3) is 0.188. The van der Waals surface area contributed by atoms with E-state index < -0.39 is 0 Å². The number of nitrogens with zero attached hydrogens (tertiary/aromatic N) is 1. The van der Waals surface area contributed by atoms with Crippen LogP contribution in [0.5, 0.6) is 5.75 Å². The molecule has 3 rings (SSSR count). The van der Waals surface area contributed by atoms with Crippen LogP contribution < -0.4 is 4.74 Å². The number of fused-ring (bicyclic) bond motifs is 1. The first-order valence-corrected chi connectivity index (χ1v) is 6.24. The van der Waals surface area contributed by atoms with Crippen molar-refractivity contribution in [2.45, 2.75) is 19.4 Å². The second-order valence-electron chi connectivity index (χ2n) is 4.42. The normalized spacial score (nSPS) is 13.1. The Morgan fingerprint density at radius 1 is 1.06 bits per heavy atom. The van der Waals surface area contributed by atoms with E-state index in [1.807, 2.05) is 36.5 Å². The maximum Gasteiger partial charge on any atom is 0.120 e. The number of aliphatic imine (C=N–C) groups is 1. The minimum absolute atomic E-state index is 0.614. The van der Waals surface area contributed by atoms with Gasteiger partial charge in [0.05, 0.1) is 5.69 Å². The van der Waals surface area contributed by atoms with E-state index in [2.05, 4.69) is 23.2 Å². The Balaban J connectivity index is 1.72. The zero-order valence-electron chi connectivity index (χ0n) is 10.2. The van der Waals surface area contributed by atoms with Gasteiger partial charge in [-0.25, -0.2) is 0 Å². The Kier molecular flexibility index (Phi) is 3.09. The van der Waals surface area contributed by atoms with Crippen molar-refractivity contribution in [3.63, 3.8) is 0 Å². The van der Waals surface area contributed by atoms with Crippen LogP contribution in [0.3, 0.4) is 0 Å². The average Bonchev–Trinajstić information content (AvgIpc) is 2.46. The molecule has 0 spiro atoms. The van der Waals surface area contributed by atoms with Gasteiger partial charge < -0.3 is 4.74 Å². The zero-order valence-corrected chi connectivity index (χ0v) is 10.2. The molecule has 90 valence electrons. The molecule has 0 amide bonds. The number of rotatable bonds is 3. The van der Waals surface area contributed by atoms with Crippen LogP contribution in [0.1, 0.15) is 17.5 Å². The third-order valence-electron chi connectivity index (χ3n) is 3.07. The van der Waals surface area contributed by atoms with Crippen LogP contribution in [0.25, 0.3) is 0 Å². The summed E-state index contributed by atoms with van der Waals surface area (Å²) in [5.74, 6) is 0.926. The van der Waals surface area contributed by atoms with Gasteiger partial charge in [-0.15, -0.1) is 0 Å². The second-order valence-corrected chi connectivity index (χ2v) is 4.42. The molecule has 0 radical (unpaired) electrons. The Morgan fingerprint density at radius 3 is 2.83 bits per heavy atom. The Morgan fingerprint density at radius 2 is 1.94 bits per heavy atom. The van der Waals surface area contributed by atoms with Crippen LogP contribution in [0.15, 0.2) is 53.5 Å². The molecule has 0 unspecified atom stereocenters. The zero-order chi connectivity index (χ0) is 12.2. The van der Waals surface area contributed by atoms with Gasteiger partial charge in [0.2, 0.25) is 0 Å². The molecule has 0 aliphatic carbocycles. The highest BCUT2D eigenvalue weighted by Crippen LogP contribution is 2.28. The topological polar surface area (TPSA) is 21.6 Å². The molecule has 2 heteroatoms. The van der Waals surface area contributed by atoms with E-state index in [0.29, 0.717) is 6.61 Å². The van der Waals surface area contributed by atoms with Gasteiger partial charge in [0.15, 0.2) is 0 Å². The van der Waals surface area contributed by atoms with Gasteiger partial charge in [0.25, 0.3) is 0 Å². The number of aryl methyl sites for hydroxylation is 1. The summed E-state index contributed by atoms with van der Waals surface area (Å²) in [7, 11) is 0. The minimum atomic E-state index is 0.614. The lowest BCUT2D eigenvalue weighted by molar-refractivity contribution is 0.306. The maximum absolute atomic E-state index is 5.81. The van der Waals surface area contributed by atoms with Crippen LogP contribution in [0.4, 0.5) is 5.69 Å². The van der Waals surface area contributed by atoms with E-state index in [1.54, 1.807) is 0 Å². The van der Waals surface area contributed by atoms with Gasteiger partial charge in [-0.3, -0.25) is 4.99 Å². The van der Waals surface area contributed by atoms with Crippen molar-refractivity contribution in [2.75, 3.05) is 0 Å². The molecule has 2 nitrogen and oxygen atoms in total. The predicted octanol–water partition coefficient (Wildman–Crippen LogP) is 3.91. The second kappa shape index (κ2) is 5.05. The summed E-state index contributed by atoms with van der Waals surface area (Å²) >= 11 is 0. The molecule has 0 aromatic heterocycles. The first-order chi connectivity index (χ1) is 8.92. The molecular weight excluding hydrogens is 222 g/mol. The summed E-state index contributed by atoms with van der Waals surface area (Å²) in [4.78, 5) is 4.37. The lowest BCUT2D eigenvalue weighted by Gasteiger charge is -2.12. The van der Waals surface area contributed by atoms with Crippen LogP contribution >= 0.6 is 0 Å². The van der Waals surface area contributed by atoms with E-state index in [0.717, 1.165) is 24.3 Å². The molecule has 18 heavy (non-hydrogen) atoms. The van der Waals surface area contributed by atoms with Gasteiger partial charge in [-0.1, -0.05) is 30.3 Å². The molecule has 0 atom stereocenters. The molecule has 0 fully saturated rings. The van der Waals surface area contributed by atoms with Crippen molar-refractivity contribution in [2.24, 2.45) is 4.99 Å². The van der Waals surface area contributed by atoms with E-state index in [9.17, 15) is 0 Å². The Hall–Kier alpha value is -2.09. The monoisotopic (exact) mass is 237 g/mol. The molecule has 0 bridgehead atoms. The molecule has 0 saturated carbocycles. The van der Waals surface area contributed by atoms with Crippen LogP contribution in [-0.2, 0) is 13.0 Å².